The van der Waals surface area contributed by atoms with Gasteiger partial charge in [0.1, 0.15) is 0 Å². The molecule has 8 rings (SSSR count). The minimum absolute atomic E-state index is 1.01. The summed E-state index contributed by atoms with van der Waals surface area (Å²) in [6.45, 7) is 0. The normalized spacial score (nSPS) is 15.3. The summed E-state index contributed by atoms with van der Waals surface area (Å²) in [4.78, 5) is 0. The van der Waals surface area contributed by atoms with Crippen molar-refractivity contribution in [3.63, 3.8) is 0 Å². The second-order valence-corrected chi connectivity index (χ2v) is 11.2. The van der Waals surface area contributed by atoms with Gasteiger partial charge < -0.3 is 0 Å². The van der Waals surface area contributed by atoms with Crippen LogP contribution < -0.4 is 10.4 Å². The Balaban J connectivity index is 1.45. The number of benzene rings is 4. The molecule has 2 heterocycles. The highest BCUT2D eigenvalue weighted by Gasteiger charge is 2.14. The van der Waals surface area contributed by atoms with Crippen molar-refractivity contribution in [2.45, 2.75) is 6.42 Å². The highest BCUT2D eigenvalue weighted by atomic mass is 32.1. The van der Waals surface area contributed by atoms with Crippen LogP contribution in [0.5, 0.6) is 0 Å². The van der Waals surface area contributed by atoms with Gasteiger partial charge in [0, 0.05) is 20.2 Å². The van der Waals surface area contributed by atoms with Crippen molar-refractivity contribution in [1.82, 2.24) is 0 Å². The first-order chi connectivity index (χ1) is 16.3. The van der Waals surface area contributed by atoms with E-state index in [0.29, 0.717) is 0 Å². The number of thiophene rings is 2. The molecular formula is C31H18S2. The van der Waals surface area contributed by atoms with E-state index < -0.39 is 0 Å². The van der Waals surface area contributed by atoms with E-state index >= 15 is 0 Å². The van der Waals surface area contributed by atoms with E-state index in [2.05, 4.69) is 97.1 Å². The zero-order valence-electron chi connectivity index (χ0n) is 17.8. The second-order valence-electron chi connectivity index (χ2n) is 9.07. The number of fused-ring (bicyclic) bond motifs is 10. The van der Waals surface area contributed by atoms with Gasteiger partial charge in [-0.3, -0.25) is 0 Å². The summed E-state index contributed by atoms with van der Waals surface area (Å²) in [7, 11) is 0. The molecule has 0 spiro atoms. The topological polar surface area (TPSA) is 0 Å². The lowest BCUT2D eigenvalue weighted by Gasteiger charge is -2.03. The fourth-order valence-electron chi connectivity index (χ4n) is 5.33. The molecule has 2 aromatic heterocycles. The molecule has 0 radical (unpaired) electrons. The zero-order chi connectivity index (χ0) is 21.5. The van der Waals surface area contributed by atoms with Crippen molar-refractivity contribution >= 4 is 85.9 Å². The van der Waals surface area contributed by atoms with Crippen LogP contribution >= 0.6 is 22.7 Å². The van der Waals surface area contributed by atoms with Gasteiger partial charge in [-0.05, 0) is 85.9 Å². The third-order valence-corrected chi connectivity index (χ3v) is 9.43. The smallest absolute Gasteiger partial charge is 0.0542 e. The molecule has 0 aliphatic heterocycles. The van der Waals surface area contributed by atoms with Gasteiger partial charge in [-0.25, -0.2) is 0 Å². The molecule has 2 aliphatic rings. The van der Waals surface area contributed by atoms with Gasteiger partial charge in [0.25, 0.3) is 0 Å². The Morgan fingerprint density at radius 2 is 1.12 bits per heavy atom. The number of hydrogen-bond acceptors (Lipinski definition) is 2. The predicted molar refractivity (Wildman–Crippen MR) is 148 cm³/mol. The Labute approximate surface area is 198 Å². The van der Waals surface area contributed by atoms with Gasteiger partial charge in [-0.1, -0.05) is 60.7 Å². The molecule has 2 heteroatoms. The first-order valence-electron chi connectivity index (χ1n) is 11.3. The van der Waals surface area contributed by atoms with Gasteiger partial charge in [-0.2, -0.15) is 0 Å². The Kier molecular flexibility index (Phi) is 3.57. The third-order valence-electron chi connectivity index (χ3n) is 6.93. The molecule has 0 amide bonds. The minimum Gasteiger partial charge on any atom is -0.134 e. The molecule has 0 saturated carbocycles. The fourth-order valence-corrected chi connectivity index (χ4v) is 8.03. The van der Waals surface area contributed by atoms with Crippen molar-refractivity contribution in [1.29, 1.82) is 0 Å². The van der Waals surface area contributed by atoms with Crippen LogP contribution in [0.3, 0.4) is 0 Å². The van der Waals surface area contributed by atoms with Crippen LogP contribution in [0, 0.1) is 0 Å². The fraction of sp³-hybridized carbons (Fsp3) is 0.0323. The van der Waals surface area contributed by atoms with Gasteiger partial charge >= 0.3 is 0 Å². The highest BCUT2D eigenvalue weighted by Crippen LogP contribution is 2.45. The molecule has 0 N–H and O–H groups in total. The van der Waals surface area contributed by atoms with Gasteiger partial charge in [0.2, 0.25) is 0 Å². The summed E-state index contributed by atoms with van der Waals surface area (Å²) in [5, 5.41) is 10.7. The predicted octanol–water partition coefficient (Wildman–Crippen LogP) is 7.96. The molecule has 2 aliphatic carbocycles. The van der Waals surface area contributed by atoms with Gasteiger partial charge in [-0.15, -0.1) is 22.7 Å². The Bertz CT molecular complexity index is 2040. The van der Waals surface area contributed by atoms with Gasteiger partial charge in [0.15, 0.2) is 0 Å². The Morgan fingerprint density at radius 3 is 1.82 bits per heavy atom. The third kappa shape index (κ3) is 2.68. The van der Waals surface area contributed by atoms with E-state index in [1.165, 1.54) is 72.7 Å². The molecule has 0 unspecified atom stereocenters. The van der Waals surface area contributed by atoms with E-state index in [4.69, 9.17) is 0 Å². The average molecular weight is 455 g/mol. The van der Waals surface area contributed by atoms with Crippen LogP contribution in [0.15, 0.2) is 96.1 Å². The molecule has 4 aromatic carbocycles. The average Bonchev–Trinajstić information content (AvgIpc) is 3.16. The van der Waals surface area contributed by atoms with Crippen molar-refractivity contribution in [3.8, 4) is 0 Å². The lowest BCUT2D eigenvalue weighted by Crippen LogP contribution is -2.23. The monoisotopic (exact) mass is 454 g/mol. The van der Waals surface area contributed by atoms with Crippen LogP contribution in [0.25, 0.3) is 63.3 Å². The van der Waals surface area contributed by atoms with E-state index in [9.17, 15) is 0 Å². The van der Waals surface area contributed by atoms with Crippen molar-refractivity contribution in [2.24, 2.45) is 0 Å². The molecular weight excluding hydrogens is 436 g/mol. The van der Waals surface area contributed by atoms with E-state index in [1.807, 2.05) is 22.7 Å². The Hall–Kier alpha value is -3.46. The Morgan fingerprint density at radius 1 is 0.545 bits per heavy atom. The lowest BCUT2D eigenvalue weighted by atomic mass is 10.0. The van der Waals surface area contributed by atoms with Crippen molar-refractivity contribution in [3.05, 3.63) is 107 Å². The lowest BCUT2D eigenvalue weighted by molar-refractivity contribution is 1.27. The standard InChI is InChI=1S/C31H18S2/c1-2-6-19-9-18(5-1)10-22-14-26-28(16-23(22)11-19)32-31-27-15-24-12-20-7-3-4-8-21(20)13-25(24)17-29(27)33-30(26)31/h1-8,10-17H,9H2. The SMILES string of the molecule is C1=CC=C2C=c3cc4c(cc3=CC(=C1)C2)sc1c2cc3cc5ccccc5cc3cc2sc41. The van der Waals surface area contributed by atoms with Gasteiger partial charge in [0.05, 0.1) is 9.40 Å². The van der Waals surface area contributed by atoms with Crippen LogP contribution in [0.4, 0.5) is 0 Å². The van der Waals surface area contributed by atoms with Crippen molar-refractivity contribution < 1.29 is 0 Å². The highest BCUT2D eigenvalue weighted by molar-refractivity contribution is 7.36. The minimum atomic E-state index is 1.01. The first kappa shape index (κ1) is 18.0. The number of hydrogen-bond donors (Lipinski definition) is 0. The molecule has 33 heavy (non-hydrogen) atoms. The quantitative estimate of drug-likeness (QED) is 0.204. The second kappa shape index (κ2) is 6.54. The summed E-state index contributed by atoms with van der Waals surface area (Å²) < 4.78 is 5.63. The van der Waals surface area contributed by atoms with Crippen LogP contribution in [-0.4, -0.2) is 0 Å². The summed E-state index contributed by atoms with van der Waals surface area (Å²) in [5.41, 5.74) is 2.76. The summed E-state index contributed by atoms with van der Waals surface area (Å²) >= 11 is 3.89. The molecule has 2 bridgehead atoms. The molecule has 154 valence electrons. The van der Waals surface area contributed by atoms with Crippen LogP contribution in [-0.2, 0) is 0 Å². The zero-order valence-corrected chi connectivity index (χ0v) is 19.4. The maximum Gasteiger partial charge on any atom is 0.0542 e. The first-order valence-corrected chi connectivity index (χ1v) is 12.9. The van der Waals surface area contributed by atoms with Crippen LogP contribution in [0.2, 0.25) is 0 Å². The molecule has 0 nitrogen and oxygen atoms in total. The molecule has 6 aromatic rings. The van der Waals surface area contributed by atoms with E-state index in [1.54, 1.807) is 0 Å². The van der Waals surface area contributed by atoms with Crippen LogP contribution in [0.1, 0.15) is 6.42 Å². The molecule has 0 saturated heterocycles. The van der Waals surface area contributed by atoms with Crippen molar-refractivity contribution in [2.75, 3.05) is 0 Å². The summed E-state index contributed by atoms with van der Waals surface area (Å²) in [6, 6.07) is 22.9. The maximum absolute atomic E-state index is 2.42. The summed E-state index contributed by atoms with van der Waals surface area (Å²) in [6.07, 6.45) is 14.5. The number of rotatable bonds is 0. The van der Waals surface area contributed by atoms with E-state index in [0.717, 1.165) is 6.42 Å². The number of allylic oxidation sites excluding steroid dienone is 6. The molecule has 0 fully saturated rings. The van der Waals surface area contributed by atoms with E-state index in [-0.39, 0.29) is 0 Å². The molecule has 0 atom stereocenters. The maximum atomic E-state index is 2.42. The largest absolute Gasteiger partial charge is 0.134 e. The summed E-state index contributed by atoms with van der Waals surface area (Å²) in [5.74, 6) is 0.